The van der Waals surface area contributed by atoms with Crippen molar-refractivity contribution in [2.75, 3.05) is 11.9 Å². The number of rotatable bonds is 4. The monoisotopic (exact) mass is 261 g/mol. The van der Waals surface area contributed by atoms with Crippen LogP contribution in [0.15, 0.2) is 35.8 Å². The van der Waals surface area contributed by atoms with Gasteiger partial charge in [0.15, 0.2) is 0 Å². The fraction of sp³-hybridized carbons (Fsp3) is 0.231. The maximum absolute atomic E-state index is 11.5. The van der Waals surface area contributed by atoms with Gasteiger partial charge in [0.2, 0.25) is 0 Å². The summed E-state index contributed by atoms with van der Waals surface area (Å²) in [5.41, 5.74) is 1.79. The SMILES string of the molecule is CCCNC(=O)Nc1cccc(-c2nccs2)c1. The molecule has 0 aliphatic carbocycles. The second kappa shape index (κ2) is 6.16. The third-order valence-electron chi connectivity index (χ3n) is 2.34. The summed E-state index contributed by atoms with van der Waals surface area (Å²) < 4.78 is 0. The first-order chi connectivity index (χ1) is 8.79. The van der Waals surface area contributed by atoms with E-state index in [1.54, 1.807) is 17.5 Å². The van der Waals surface area contributed by atoms with Crippen molar-refractivity contribution in [2.24, 2.45) is 0 Å². The summed E-state index contributed by atoms with van der Waals surface area (Å²) in [6, 6.07) is 7.50. The molecule has 2 aromatic rings. The van der Waals surface area contributed by atoms with Gasteiger partial charge in [-0.15, -0.1) is 11.3 Å². The number of anilines is 1. The van der Waals surface area contributed by atoms with Crippen molar-refractivity contribution in [3.05, 3.63) is 35.8 Å². The van der Waals surface area contributed by atoms with Gasteiger partial charge in [-0.3, -0.25) is 0 Å². The molecule has 0 saturated heterocycles. The van der Waals surface area contributed by atoms with Crippen LogP contribution in [0.5, 0.6) is 0 Å². The molecule has 1 aromatic carbocycles. The van der Waals surface area contributed by atoms with E-state index in [-0.39, 0.29) is 6.03 Å². The van der Waals surface area contributed by atoms with Crippen molar-refractivity contribution in [2.45, 2.75) is 13.3 Å². The number of thiazole rings is 1. The number of carbonyl (C=O) groups is 1. The maximum atomic E-state index is 11.5. The van der Waals surface area contributed by atoms with Gasteiger partial charge in [0.25, 0.3) is 0 Å². The van der Waals surface area contributed by atoms with E-state index in [0.717, 1.165) is 22.7 Å². The van der Waals surface area contributed by atoms with Crippen LogP contribution in [-0.4, -0.2) is 17.6 Å². The third kappa shape index (κ3) is 3.30. The Bertz CT molecular complexity index is 511. The molecule has 0 spiro atoms. The van der Waals surface area contributed by atoms with E-state index in [9.17, 15) is 4.79 Å². The standard InChI is InChI=1S/C13H15N3OS/c1-2-6-15-13(17)16-11-5-3-4-10(9-11)12-14-7-8-18-12/h3-5,7-9H,2,6H2,1H3,(H2,15,16,17). The number of nitrogens with zero attached hydrogens (tertiary/aromatic N) is 1. The van der Waals surface area contributed by atoms with E-state index in [2.05, 4.69) is 15.6 Å². The van der Waals surface area contributed by atoms with E-state index >= 15 is 0 Å². The zero-order valence-electron chi connectivity index (χ0n) is 10.1. The van der Waals surface area contributed by atoms with Gasteiger partial charge in [0.1, 0.15) is 5.01 Å². The highest BCUT2D eigenvalue weighted by atomic mass is 32.1. The molecule has 2 amide bonds. The fourth-order valence-electron chi connectivity index (χ4n) is 1.51. The fourth-order valence-corrected chi connectivity index (χ4v) is 2.15. The molecule has 5 heteroatoms. The normalized spacial score (nSPS) is 10.1. The van der Waals surface area contributed by atoms with Crippen LogP contribution in [0.4, 0.5) is 10.5 Å². The number of aromatic nitrogens is 1. The molecule has 0 bridgehead atoms. The molecule has 4 nitrogen and oxygen atoms in total. The molecular formula is C13H15N3OS. The van der Waals surface area contributed by atoms with Crippen LogP contribution in [-0.2, 0) is 0 Å². The molecule has 0 radical (unpaired) electrons. The summed E-state index contributed by atoms with van der Waals surface area (Å²) in [5.74, 6) is 0. The minimum absolute atomic E-state index is 0.173. The zero-order valence-corrected chi connectivity index (χ0v) is 11.0. The Morgan fingerprint density at radius 3 is 3.06 bits per heavy atom. The largest absolute Gasteiger partial charge is 0.338 e. The Morgan fingerprint density at radius 1 is 1.44 bits per heavy atom. The van der Waals surface area contributed by atoms with Crippen molar-refractivity contribution >= 4 is 23.1 Å². The summed E-state index contributed by atoms with van der Waals surface area (Å²) in [6.07, 6.45) is 2.70. The lowest BCUT2D eigenvalue weighted by Crippen LogP contribution is -2.29. The van der Waals surface area contributed by atoms with E-state index in [4.69, 9.17) is 0 Å². The van der Waals surface area contributed by atoms with Crippen LogP contribution in [0.25, 0.3) is 10.6 Å². The average molecular weight is 261 g/mol. The summed E-state index contributed by atoms with van der Waals surface area (Å²) in [7, 11) is 0. The van der Waals surface area contributed by atoms with Crippen LogP contribution in [0, 0.1) is 0 Å². The molecule has 0 fully saturated rings. The van der Waals surface area contributed by atoms with E-state index in [0.29, 0.717) is 6.54 Å². The summed E-state index contributed by atoms with van der Waals surface area (Å²) >= 11 is 1.58. The topological polar surface area (TPSA) is 54.0 Å². The van der Waals surface area contributed by atoms with E-state index in [1.807, 2.05) is 36.6 Å². The van der Waals surface area contributed by atoms with E-state index in [1.165, 1.54) is 0 Å². The van der Waals surface area contributed by atoms with Crippen molar-refractivity contribution < 1.29 is 4.79 Å². The summed E-state index contributed by atoms with van der Waals surface area (Å²) in [6.45, 7) is 2.70. The minimum atomic E-state index is -0.173. The first kappa shape index (κ1) is 12.6. The number of carbonyl (C=O) groups excluding carboxylic acids is 1. The van der Waals surface area contributed by atoms with Crippen LogP contribution in [0.1, 0.15) is 13.3 Å². The van der Waals surface area contributed by atoms with Crippen LogP contribution in [0.2, 0.25) is 0 Å². The Labute approximate surface area is 110 Å². The van der Waals surface area contributed by atoms with Crippen molar-refractivity contribution in [1.29, 1.82) is 0 Å². The van der Waals surface area contributed by atoms with Crippen LogP contribution in [0.3, 0.4) is 0 Å². The minimum Gasteiger partial charge on any atom is -0.338 e. The molecule has 2 N–H and O–H groups in total. The molecule has 18 heavy (non-hydrogen) atoms. The second-order valence-electron chi connectivity index (χ2n) is 3.80. The smallest absolute Gasteiger partial charge is 0.319 e. The number of benzene rings is 1. The van der Waals surface area contributed by atoms with Crippen LogP contribution < -0.4 is 10.6 Å². The lowest BCUT2D eigenvalue weighted by Gasteiger charge is -2.07. The molecule has 0 unspecified atom stereocenters. The molecular weight excluding hydrogens is 246 g/mol. The summed E-state index contributed by atoms with van der Waals surface area (Å²) in [4.78, 5) is 15.8. The zero-order chi connectivity index (χ0) is 12.8. The number of hydrogen-bond donors (Lipinski definition) is 2. The lowest BCUT2D eigenvalue weighted by atomic mass is 10.2. The lowest BCUT2D eigenvalue weighted by molar-refractivity contribution is 0.252. The highest BCUT2D eigenvalue weighted by molar-refractivity contribution is 7.13. The molecule has 0 aliphatic heterocycles. The van der Waals surface area contributed by atoms with E-state index < -0.39 is 0 Å². The Hall–Kier alpha value is -1.88. The average Bonchev–Trinajstić information content (AvgIpc) is 2.90. The molecule has 0 saturated carbocycles. The molecule has 0 aliphatic rings. The van der Waals surface area contributed by atoms with Gasteiger partial charge in [-0.25, -0.2) is 9.78 Å². The molecule has 1 aromatic heterocycles. The molecule has 2 rings (SSSR count). The number of nitrogens with one attached hydrogen (secondary N) is 2. The quantitative estimate of drug-likeness (QED) is 0.886. The van der Waals surface area contributed by atoms with Gasteiger partial charge in [0, 0.05) is 29.4 Å². The Kier molecular flexibility index (Phi) is 4.30. The van der Waals surface area contributed by atoms with Gasteiger partial charge < -0.3 is 10.6 Å². The highest BCUT2D eigenvalue weighted by Gasteiger charge is 2.04. The Balaban J connectivity index is 2.06. The highest BCUT2D eigenvalue weighted by Crippen LogP contribution is 2.24. The maximum Gasteiger partial charge on any atom is 0.319 e. The number of urea groups is 1. The molecule has 94 valence electrons. The van der Waals surface area contributed by atoms with Crippen LogP contribution >= 0.6 is 11.3 Å². The predicted octanol–water partition coefficient (Wildman–Crippen LogP) is 3.34. The molecule has 1 heterocycles. The number of amides is 2. The van der Waals surface area contributed by atoms with Gasteiger partial charge in [0.05, 0.1) is 0 Å². The first-order valence-corrected chi connectivity index (χ1v) is 6.72. The van der Waals surface area contributed by atoms with Crippen molar-refractivity contribution in [1.82, 2.24) is 10.3 Å². The summed E-state index contributed by atoms with van der Waals surface area (Å²) in [5, 5.41) is 8.46. The predicted molar refractivity (Wildman–Crippen MR) is 74.9 cm³/mol. The van der Waals surface area contributed by atoms with Crippen molar-refractivity contribution in [3.8, 4) is 10.6 Å². The first-order valence-electron chi connectivity index (χ1n) is 5.84. The van der Waals surface area contributed by atoms with Gasteiger partial charge in [-0.1, -0.05) is 19.1 Å². The van der Waals surface area contributed by atoms with Gasteiger partial charge >= 0.3 is 6.03 Å². The Morgan fingerprint density at radius 2 is 2.33 bits per heavy atom. The number of hydrogen-bond acceptors (Lipinski definition) is 3. The van der Waals surface area contributed by atoms with Crippen molar-refractivity contribution in [3.63, 3.8) is 0 Å². The van der Waals surface area contributed by atoms with Gasteiger partial charge in [-0.2, -0.15) is 0 Å². The third-order valence-corrected chi connectivity index (χ3v) is 3.16. The van der Waals surface area contributed by atoms with Gasteiger partial charge in [-0.05, 0) is 18.6 Å². The molecule has 0 atom stereocenters. The second-order valence-corrected chi connectivity index (χ2v) is 4.69.